The second-order valence-electron chi connectivity index (χ2n) is 24.7. The van der Waals surface area contributed by atoms with Crippen LogP contribution in [-0.4, -0.2) is 177 Å². The number of hydrogen-bond acceptors (Lipinski definition) is 17. The molecule has 0 saturated heterocycles. The fourth-order valence-corrected chi connectivity index (χ4v) is 9.44. The number of aromatic amines is 1. The van der Waals surface area contributed by atoms with Crippen molar-refractivity contribution in [1.82, 2.24) is 63.1 Å². The normalized spacial score (nSPS) is 14.8. The molecular weight excluding hydrogens is 1220 g/mol. The molecule has 0 radical (unpaired) electrons. The standard InChI is InChI=1S/C61H101N19O14/c1-31(2)24-42(77-57(91)45(28-46(63)81)78-53(87)38(18-13-14-22-62)74-59(93)48(64)33(5)6)55(89)71-35(9)51(85)72-40(20-21-47(82)83)54(88)76-43(25-32(3)4)58(92)80-49(34(7)8)60(94)79-44(27-37-29-68-30-70-37)56(90)73-39(19-15-23-69-61(66)67)52(86)75-41(50(65)84)26-36-16-11-10-12-17-36/h10-12,16-17,29-35,38-45,48-49H,13-15,18-28,62,64H2,1-9H3,(H2,63,81)(H2,65,84)(H,68,70)(H,71,89)(H,72,85)(H,73,90)(H,74,93)(H,75,86)(H,76,88)(H,77,91)(H,78,87)(H,79,94)(H,80,92)(H,82,83)(H4,66,67,69)/t35-,38-,39-,40-,41-,42-,43-,44-,45-,48-,49-/m0/s1. The summed E-state index contributed by atoms with van der Waals surface area (Å²) in [6.45, 7) is 15.1. The first-order valence-electron chi connectivity index (χ1n) is 31.5. The van der Waals surface area contributed by atoms with Gasteiger partial charge in [-0.05, 0) is 94.1 Å². The third-order valence-electron chi connectivity index (χ3n) is 14.7. The van der Waals surface area contributed by atoms with Gasteiger partial charge in [0, 0.05) is 37.7 Å². The molecule has 94 heavy (non-hydrogen) atoms. The van der Waals surface area contributed by atoms with E-state index in [-0.39, 0.29) is 81.7 Å². The molecule has 0 aliphatic carbocycles. The van der Waals surface area contributed by atoms with E-state index in [2.05, 4.69) is 68.1 Å². The number of primary amides is 2. The van der Waals surface area contributed by atoms with Crippen LogP contribution >= 0.6 is 0 Å². The molecule has 2 aromatic rings. The van der Waals surface area contributed by atoms with Crippen molar-refractivity contribution in [2.24, 2.45) is 63.1 Å². The number of carboxylic acid groups (broad SMARTS) is 1. The predicted octanol–water partition coefficient (Wildman–Crippen LogP) is -3.80. The van der Waals surface area contributed by atoms with E-state index in [1.54, 1.807) is 85.7 Å². The number of H-pyrrole nitrogens is 1. The number of carbonyl (C=O) groups excluding carboxylic acids is 12. The van der Waals surface area contributed by atoms with E-state index in [0.29, 0.717) is 24.1 Å². The zero-order valence-corrected chi connectivity index (χ0v) is 55.2. The number of aromatic nitrogens is 2. The molecule has 1 aromatic heterocycles. The Morgan fingerprint density at radius 1 is 0.511 bits per heavy atom. The van der Waals surface area contributed by atoms with Crippen molar-refractivity contribution < 1.29 is 67.4 Å². The van der Waals surface area contributed by atoms with Gasteiger partial charge >= 0.3 is 5.97 Å². The molecule has 0 fully saturated rings. The molecule has 1 aromatic carbocycles. The van der Waals surface area contributed by atoms with E-state index in [0.717, 1.165) is 0 Å². The summed E-state index contributed by atoms with van der Waals surface area (Å²) in [5.74, 6) is -13.8. The van der Waals surface area contributed by atoms with Crippen LogP contribution in [0.25, 0.3) is 0 Å². The summed E-state index contributed by atoms with van der Waals surface area (Å²) in [6.07, 6.45) is 1.66. The number of rotatable bonds is 44. The van der Waals surface area contributed by atoms with Crippen LogP contribution in [0.3, 0.4) is 0 Å². The van der Waals surface area contributed by atoms with Crippen molar-refractivity contribution in [3.8, 4) is 0 Å². The molecule has 0 saturated carbocycles. The van der Waals surface area contributed by atoms with Crippen LogP contribution < -0.4 is 87.6 Å². The van der Waals surface area contributed by atoms with Gasteiger partial charge in [-0.1, -0.05) is 85.7 Å². The lowest BCUT2D eigenvalue weighted by molar-refractivity contribution is -0.139. The zero-order valence-electron chi connectivity index (χ0n) is 55.2. The van der Waals surface area contributed by atoms with Gasteiger partial charge in [-0.2, -0.15) is 0 Å². The van der Waals surface area contributed by atoms with E-state index in [1.165, 1.54) is 19.4 Å². The minimum atomic E-state index is -1.65. The Labute approximate surface area is 547 Å². The predicted molar refractivity (Wildman–Crippen MR) is 347 cm³/mol. The minimum Gasteiger partial charge on any atom is -0.481 e. The summed E-state index contributed by atoms with van der Waals surface area (Å²) in [5, 5.41) is 35.3. The second-order valence-corrected chi connectivity index (χ2v) is 24.7. The van der Waals surface area contributed by atoms with E-state index < -0.39 is 168 Å². The van der Waals surface area contributed by atoms with Crippen LogP contribution in [0.4, 0.5) is 0 Å². The molecule has 0 aliphatic rings. The van der Waals surface area contributed by atoms with Gasteiger partial charge in [-0.3, -0.25) is 67.3 Å². The third-order valence-corrected chi connectivity index (χ3v) is 14.7. The van der Waals surface area contributed by atoms with E-state index in [9.17, 15) is 67.4 Å². The lowest BCUT2D eigenvalue weighted by Gasteiger charge is -2.29. The minimum absolute atomic E-state index is 0.0305. The maximum Gasteiger partial charge on any atom is 0.303 e. The summed E-state index contributed by atoms with van der Waals surface area (Å²) in [4.78, 5) is 187. The number of guanidine groups is 1. The van der Waals surface area contributed by atoms with Crippen molar-refractivity contribution in [3.05, 3.63) is 54.1 Å². The van der Waals surface area contributed by atoms with Gasteiger partial charge in [-0.15, -0.1) is 0 Å². The first-order valence-corrected chi connectivity index (χ1v) is 31.5. The first-order chi connectivity index (χ1) is 44.1. The highest BCUT2D eigenvalue weighted by Gasteiger charge is 2.37. The molecule has 0 aliphatic heterocycles. The lowest BCUT2D eigenvalue weighted by atomic mass is 9.98. The van der Waals surface area contributed by atoms with Gasteiger partial charge in [0.25, 0.3) is 0 Å². The number of imidazole rings is 1. The highest BCUT2D eigenvalue weighted by molar-refractivity contribution is 6.00. The summed E-state index contributed by atoms with van der Waals surface area (Å²) < 4.78 is 0. The maximum atomic E-state index is 14.4. The summed E-state index contributed by atoms with van der Waals surface area (Å²) >= 11 is 0. The Kier molecular flexibility index (Phi) is 35.5. The van der Waals surface area contributed by atoms with Gasteiger partial charge < -0.3 is 97.7 Å². The average molecular weight is 1320 g/mol. The molecule has 12 amide bonds. The Morgan fingerprint density at radius 2 is 0.979 bits per heavy atom. The lowest BCUT2D eigenvalue weighted by Crippen LogP contribution is -2.61. The first kappa shape index (κ1) is 80.8. The molecule has 11 atom stereocenters. The molecule has 2 rings (SSSR count). The summed E-state index contributed by atoms with van der Waals surface area (Å²) in [6, 6.07) is -6.41. The molecule has 33 heteroatoms. The SMILES string of the molecule is CC(C)C[C@H](NC(=O)[C@H](CC(N)=O)NC(=O)[C@H](CCCCN)NC(=O)[C@@H](N)C(C)C)C(=O)N[C@@H](C)C(=O)N[C@@H](CCC(=O)O)C(=O)N[C@@H](CC(C)C)C(=O)N[C@H](C(=O)N[C@@H](Cc1cnc[nH]1)C(=O)N[C@@H](CCCN=C(N)N)C(=O)N[C@@H](Cc1ccccc1)C(N)=O)C(C)C. The number of benzene rings is 1. The second kappa shape index (κ2) is 41.3. The van der Waals surface area contributed by atoms with Crippen LogP contribution in [0, 0.1) is 23.7 Å². The zero-order chi connectivity index (χ0) is 70.9. The molecule has 1 heterocycles. The van der Waals surface area contributed by atoms with Crippen molar-refractivity contribution in [2.75, 3.05) is 13.1 Å². The molecule has 0 spiro atoms. The number of aliphatic imine (C=N–C) groups is 1. The Morgan fingerprint density at radius 3 is 1.47 bits per heavy atom. The quantitative estimate of drug-likeness (QED) is 0.0172. The fourth-order valence-electron chi connectivity index (χ4n) is 9.44. The number of nitrogens with two attached hydrogens (primary N) is 6. The smallest absolute Gasteiger partial charge is 0.303 e. The van der Waals surface area contributed by atoms with E-state index in [4.69, 9.17) is 34.4 Å². The van der Waals surface area contributed by atoms with Gasteiger partial charge in [-0.25, -0.2) is 4.98 Å². The van der Waals surface area contributed by atoms with Gasteiger partial charge in [0.15, 0.2) is 5.96 Å². The van der Waals surface area contributed by atoms with Crippen LogP contribution in [0.1, 0.15) is 138 Å². The highest BCUT2D eigenvalue weighted by atomic mass is 16.4. The number of nitrogens with zero attached hydrogens (tertiary/aromatic N) is 2. The number of nitrogens with one attached hydrogen (secondary N) is 11. The number of unbranched alkanes of at least 4 members (excludes halogenated alkanes) is 1. The highest BCUT2D eigenvalue weighted by Crippen LogP contribution is 2.14. The van der Waals surface area contributed by atoms with Crippen molar-refractivity contribution >= 4 is 82.8 Å². The van der Waals surface area contributed by atoms with Crippen LogP contribution in [0.15, 0.2) is 47.8 Å². The topological polar surface area (TPSA) is 560 Å². The van der Waals surface area contributed by atoms with Crippen LogP contribution in [0.2, 0.25) is 0 Å². The Hall–Kier alpha value is -9.27. The number of carbonyl (C=O) groups is 13. The van der Waals surface area contributed by atoms with Crippen molar-refractivity contribution in [1.29, 1.82) is 0 Å². The molecule has 33 nitrogen and oxygen atoms in total. The number of carboxylic acids is 1. The molecule has 24 N–H and O–H groups in total. The van der Waals surface area contributed by atoms with Gasteiger partial charge in [0.1, 0.15) is 60.4 Å². The Balaban J connectivity index is 2.41. The average Bonchev–Trinajstić information content (AvgIpc) is 1.06. The fraction of sp³-hybridized carbons (Fsp3) is 0.623. The maximum absolute atomic E-state index is 14.4. The van der Waals surface area contributed by atoms with Crippen molar-refractivity contribution in [3.63, 3.8) is 0 Å². The largest absolute Gasteiger partial charge is 0.481 e. The van der Waals surface area contributed by atoms with Gasteiger partial charge in [0.05, 0.1) is 18.8 Å². The van der Waals surface area contributed by atoms with Crippen LogP contribution in [0.5, 0.6) is 0 Å². The summed E-state index contributed by atoms with van der Waals surface area (Å²) in [7, 11) is 0. The summed E-state index contributed by atoms with van der Waals surface area (Å²) in [5.41, 5.74) is 34.9. The molecule has 0 unspecified atom stereocenters. The number of aliphatic carboxylic acids is 1. The van der Waals surface area contributed by atoms with E-state index in [1.807, 2.05) is 0 Å². The number of amides is 12. The number of hydrogen-bond donors (Lipinski definition) is 18. The molecular formula is C61H101N19O14. The molecule has 524 valence electrons. The van der Waals surface area contributed by atoms with Crippen LogP contribution in [-0.2, 0) is 75.2 Å². The monoisotopic (exact) mass is 1320 g/mol. The molecule has 0 bridgehead atoms. The van der Waals surface area contributed by atoms with E-state index >= 15 is 0 Å². The van der Waals surface area contributed by atoms with Gasteiger partial charge in [0.2, 0.25) is 70.9 Å². The van der Waals surface area contributed by atoms with Crippen molar-refractivity contribution in [2.45, 2.75) is 206 Å². The Bertz CT molecular complexity index is 2870. The third kappa shape index (κ3) is 30.4.